The summed E-state index contributed by atoms with van der Waals surface area (Å²) in [6, 6.07) is 15.1. The smallest absolute Gasteiger partial charge is 0.127 e. The van der Waals surface area contributed by atoms with Crippen molar-refractivity contribution in [2.75, 3.05) is 18.1 Å². The highest BCUT2D eigenvalue weighted by Crippen LogP contribution is 2.23. The maximum Gasteiger partial charge on any atom is 0.127 e. The van der Waals surface area contributed by atoms with E-state index in [1.165, 1.54) is 0 Å². The second-order valence-electron chi connectivity index (χ2n) is 3.45. The monoisotopic (exact) mass is 214 g/mol. The third-order valence-electron chi connectivity index (χ3n) is 2.26. The Kier molecular flexibility index (Phi) is 2.96. The first-order chi connectivity index (χ1) is 7.78. The molecule has 3 nitrogen and oxygen atoms in total. The molecule has 3 heteroatoms. The summed E-state index contributed by atoms with van der Waals surface area (Å²) < 4.78 is 5.65. The van der Waals surface area contributed by atoms with E-state index in [0.717, 1.165) is 22.9 Å². The van der Waals surface area contributed by atoms with Gasteiger partial charge in [0.2, 0.25) is 0 Å². The van der Waals surface area contributed by atoms with Crippen molar-refractivity contribution in [3.8, 4) is 11.5 Å². The molecule has 2 aromatic carbocycles. The van der Waals surface area contributed by atoms with Gasteiger partial charge < -0.3 is 15.8 Å². The second kappa shape index (κ2) is 4.57. The predicted molar refractivity (Wildman–Crippen MR) is 66.9 cm³/mol. The lowest BCUT2D eigenvalue weighted by molar-refractivity contribution is 0.483. The summed E-state index contributed by atoms with van der Waals surface area (Å²) in [6.45, 7) is 0. The molecule has 0 aliphatic heterocycles. The number of nitrogens with two attached hydrogens (primary N) is 1. The summed E-state index contributed by atoms with van der Waals surface area (Å²) in [7, 11) is 1.88. The van der Waals surface area contributed by atoms with Crippen LogP contribution >= 0.6 is 0 Å². The molecule has 82 valence electrons. The predicted octanol–water partition coefficient (Wildman–Crippen LogP) is 3.10. The van der Waals surface area contributed by atoms with Crippen LogP contribution in [0, 0.1) is 0 Å². The Bertz CT molecular complexity index is 448. The third-order valence-corrected chi connectivity index (χ3v) is 2.26. The molecule has 0 fully saturated rings. The van der Waals surface area contributed by atoms with Gasteiger partial charge in [0.15, 0.2) is 0 Å². The van der Waals surface area contributed by atoms with Crippen LogP contribution in [-0.2, 0) is 0 Å². The molecule has 0 spiro atoms. The van der Waals surface area contributed by atoms with Crippen molar-refractivity contribution < 1.29 is 4.74 Å². The summed E-state index contributed by atoms with van der Waals surface area (Å²) in [5, 5.41) is 3.05. The van der Waals surface area contributed by atoms with E-state index >= 15 is 0 Å². The lowest BCUT2D eigenvalue weighted by Crippen LogP contribution is -1.89. The van der Waals surface area contributed by atoms with Gasteiger partial charge >= 0.3 is 0 Å². The number of ether oxygens (including phenoxy) is 1. The van der Waals surface area contributed by atoms with Crippen molar-refractivity contribution in [1.29, 1.82) is 0 Å². The second-order valence-corrected chi connectivity index (χ2v) is 3.45. The van der Waals surface area contributed by atoms with E-state index in [4.69, 9.17) is 10.5 Å². The molecule has 2 rings (SSSR count). The summed E-state index contributed by atoms with van der Waals surface area (Å²) in [5.74, 6) is 1.59. The first-order valence-corrected chi connectivity index (χ1v) is 5.09. The normalized spacial score (nSPS) is 9.81. The van der Waals surface area contributed by atoms with E-state index in [0.29, 0.717) is 0 Å². The van der Waals surface area contributed by atoms with Gasteiger partial charge in [-0.15, -0.1) is 0 Å². The van der Waals surface area contributed by atoms with Gasteiger partial charge in [-0.1, -0.05) is 0 Å². The van der Waals surface area contributed by atoms with Gasteiger partial charge in [0.05, 0.1) is 0 Å². The molecule has 0 amide bonds. The van der Waals surface area contributed by atoms with Crippen LogP contribution in [0.2, 0.25) is 0 Å². The molecule has 0 saturated carbocycles. The topological polar surface area (TPSA) is 47.3 Å². The quantitative estimate of drug-likeness (QED) is 0.772. The Morgan fingerprint density at radius 2 is 1.38 bits per heavy atom. The van der Waals surface area contributed by atoms with Crippen molar-refractivity contribution in [1.82, 2.24) is 0 Å². The van der Waals surface area contributed by atoms with Crippen LogP contribution in [0.4, 0.5) is 11.4 Å². The fourth-order valence-corrected chi connectivity index (χ4v) is 1.36. The van der Waals surface area contributed by atoms with Gasteiger partial charge in [0.25, 0.3) is 0 Å². The molecule has 0 heterocycles. The fourth-order valence-electron chi connectivity index (χ4n) is 1.36. The molecule has 0 aliphatic carbocycles. The van der Waals surface area contributed by atoms with Crippen LogP contribution < -0.4 is 15.8 Å². The average Bonchev–Trinajstić information content (AvgIpc) is 2.33. The highest BCUT2D eigenvalue weighted by Gasteiger charge is 1.96. The summed E-state index contributed by atoms with van der Waals surface area (Å²) in [4.78, 5) is 0. The van der Waals surface area contributed by atoms with E-state index in [2.05, 4.69) is 5.32 Å². The Labute approximate surface area is 94.9 Å². The molecule has 0 aromatic heterocycles. The minimum absolute atomic E-state index is 0.734. The molecular formula is C13H14N2O. The fraction of sp³-hybridized carbons (Fsp3) is 0.0769. The molecule has 0 bridgehead atoms. The third kappa shape index (κ3) is 2.45. The first kappa shape index (κ1) is 10.4. The molecule has 0 radical (unpaired) electrons. The SMILES string of the molecule is CNc1ccc(Oc2ccc(N)cc2)cc1. The zero-order valence-electron chi connectivity index (χ0n) is 9.10. The summed E-state index contributed by atoms with van der Waals surface area (Å²) >= 11 is 0. The van der Waals surface area contributed by atoms with Gasteiger partial charge in [0.1, 0.15) is 11.5 Å². The average molecular weight is 214 g/mol. The van der Waals surface area contributed by atoms with Crippen LogP contribution in [0.15, 0.2) is 48.5 Å². The van der Waals surface area contributed by atoms with Gasteiger partial charge in [-0.2, -0.15) is 0 Å². The van der Waals surface area contributed by atoms with Crippen LogP contribution in [0.25, 0.3) is 0 Å². The summed E-state index contributed by atoms with van der Waals surface area (Å²) in [6.07, 6.45) is 0. The summed E-state index contributed by atoms with van der Waals surface area (Å²) in [5.41, 5.74) is 7.39. The molecule has 2 aromatic rings. The molecule has 3 N–H and O–H groups in total. The number of anilines is 2. The maximum atomic E-state index is 5.65. The number of hydrogen-bond donors (Lipinski definition) is 2. The minimum atomic E-state index is 0.734. The lowest BCUT2D eigenvalue weighted by Gasteiger charge is -2.06. The highest BCUT2D eigenvalue weighted by molar-refractivity contribution is 5.47. The number of nitrogens with one attached hydrogen (secondary N) is 1. The van der Waals surface area contributed by atoms with Crippen molar-refractivity contribution >= 4 is 11.4 Å². The molecule has 0 saturated heterocycles. The van der Waals surface area contributed by atoms with Crippen molar-refractivity contribution in [3.05, 3.63) is 48.5 Å². The van der Waals surface area contributed by atoms with Crippen LogP contribution in [0.3, 0.4) is 0 Å². The number of rotatable bonds is 3. The van der Waals surface area contributed by atoms with Gasteiger partial charge in [-0.05, 0) is 48.5 Å². The van der Waals surface area contributed by atoms with Crippen molar-refractivity contribution in [2.24, 2.45) is 0 Å². The molecule has 0 atom stereocenters. The Hall–Kier alpha value is -2.16. The Morgan fingerprint density at radius 1 is 0.875 bits per heavy atom. The van der Waals surface area contributed by atoms with E-state index in [-0.39, 0.29) is 0 Å². The van der Waals surface area contributed by atoms with E-state index < -0.39 is 0 Å². The van der Waals surface area contributed by atoms with Gasteiger partial charge in [0, 0.05) is 18.4 Å². The number of nitrogen functional groups attached to an aromatic ring is 1. The zero-order valence-corrected chi connectivity index (χ0v) is 9.10. The van der Waals surface area contributed by atoms with E-state index in [9.17, 15) is 0 Å². The molecule has 16 heavy (non-hydrogen) atoms. The van der Waals surface area contributed by atoms with Crippen molar-refractivity contribution in [3.63, 3.8) is 0 Å². The minimum Gasteiger partial charge on any atom is -0.457 e. The van der Waals surface area contributed by atoms with E-state index in [1.807, 2.05) is 55.6 Å². The molecule has 0 unspecified atom stereocenters. The maximum absolute atomic E-state index is 5.65. The Morgan fingerprint density at radius 3 is 1.88 bits per heavy atom. The molecule has 0 aliphatic rings. The first-order valence-electron chi connectivity index (χ1n) is 5.09. The molecular weight excluding hydrogens is 200 g/mol. The van der Waals surface area contributed by atoms with Gasteiger partial charge in [-0.3, -0.25) is 0 Å². The standard InChI is InChI=1S/C13H14N2O/c1-15-11-4-8-13(9-5-11)16-12-6-2-10(14)3-7-12/h2-9,15H,14H2,1H3. The van der Waals surface area contributed by atoms with Crippen molar-refractivity contribution in [2.45, 2.75) is 0 Å². The lowest BCUT2D eigenvalue weighted by atomic mass is 10.3. The van der Waals surface area contributed by atoms with Crippen LogP contribution in [0.1, 0.15) is 0 Å². The highest BCUT2D eigenvalue weighted by atomic mass is 16.5. The van der Waals surface area contributed by atoms with E-state index in [1.54, 1.807) is 0 Å². The zero-order chi connectivity index (χ0) is 11.4. The van der Waals surface area contributed by atoms with Gasteiger partial charge in [-0.25, -0.2) is 0 Å². The Balaban J connectivity index is 2.11. The largest absolute Gasteiger partial charge is 0.457 e. The number of hydrogen-bond acceptors (Lipinski definition) is 3. The van der Waals surface area contributed by atoms with Crippen LogP contribution in [-0.4, -0.2) is 7.05 Å². The van der Waals surface area contributed by atoms with Crippen LogP contribution in [0.5, 0.6) is 11.5 Å². The number of benzene rings is 2.